The van der Waals surface area contributed by atoms with Gasteiger partial charge in [-0.15, -0.1) is 0 Å². The molecule has 1 aliphatic heterocycles. The van der Waals surface area contributed by atoms with Crippen LogP contribution in [0.15, 0.2) is 30.5 Å². The number of aromatic nitrogens is 1. The number of carbonyl (C=O) groups excluding carboxylic acids is 2. The third-order valence-electron chi connectivity index (χ3n) is 4.32. The average molecular weight is 316 g/mol. The fraction of sp³-hybridized carbons (Fsp3) is 0.412. The number of rotatable bonds is 5. The number of quaternary nitrogens is 1. The lowest BCUT2D eigenvalue weighted by atomic mass is 10.1. The number of benzene rings is 1. The molecule has 6 nitrogen and oxygen atoms in total. The Hall–Kier alpha value is -2.34. The maximum Gasteiger partial charge on any atom is 0.312 e. The van der Waals surface area contributed by atoms with Gasteiger partial charge in [-0.05, 0) is 13.0 Å². The molecule has 0 saturated carbocycles. The number of para-hydroxylation sites is 1. The first kappa shape index (κ1) is 15.6. The summed E-state index contributed by atoms with van der Waals surface area (Å²) in [5.74, 6) is -0.384. The van der Waals surface area contributed by atoms with E-state index in [2.05, 4.69) is 16.4 Å². The predicted molar refractivity (Wildman–Crippen MR) is 85.9 cm³/mol. The van der Waals surface area contributed by atoms with E-state index in [9.17, 15) is 9.59 Å². The second kappa shape index (κ2) is 6.83. The van der Waals surface area contributed by atoms with Crippen LogP contribution in [0.4, 0.5) is 0 Å². The minimum atomic E-state index is -0.392. The number of amides is 1. The third kappa shape index (κ3) is 3.37. The van der Waals surface area contributed by atoms with Crippen LogP contribution in [-0.2, 0) is 20.9 Å². The van der Waals surface area contributed by atoms with Crippen molar-refractivity contribution in [3.8, 4) is 0 Å². The molecule has 122 valence electrons. The smallest absolute Gasteiger partial charge is 0.312 e. The van der Waals surface area contributed by atoms with Crippen LogP contribution >= 0.6 is 0 Å². The van der Waals surface area contributed by atoms with E-state index in [4.69, 9.17) is 4.74 Å². The fourth-order valence-electron chi connectivity index (χ4n) is 3.19. The second-order valence-corrected chi connectivity index (χ2v) is 5.80. The number of H-pyrrole nitrogens is 1. The SMILES string of the molecule is CCOC(=O)CC1C(=O)NCC[NH+]1Cc1c[nH]c2ccccc12. The molecule has 1 amide bonds. The summed E-state index contributed by atoms with van der Waals surface area (Å²) in [6.07, 6.45) is 2.11. The van der Waals surface area contributed by atoms with E-state index in [0.717, 1.165) is 17.0 Å². The summed E-state index contributed by atoms with van der Waals surface area (Å²) >= 11 is 0. The number of ether oxygens (including phenoxy) is 1. The van der Waals surface area contributed by atoms with Crippen molar-refractivity contribution in [3.05, 3.63) is 36.0 Å². The van der Waals surface area contributed by atoms with E-state index < -0.39 is 6.04 Å². The van der Waals surface area contributed by atoms with E-state index >= 15 is 0 Å². The van der Waals surface area contributed by atoms with E-state index in [1.54, 1.807) is 6.92 Å². The molecule has 1 aromatic carbocycles. The van der Waals surface area contributed by atoms with Crippen LogP contribution in [-0.4, -0.2) is 42.6 Å². The van der Waals surface area contributed by atoms with Gasteiger partial charge in [0.25, 0.3) is 5.91 Å². The number of carbonyl (C=O) groups is 2. The summed E-state index contributed by atoms with van der Waals surface area (Å²) in [6, 6.07) is 7.72. The maximum atomic E-state index is 12.2. The van der Waals surface area contributed by atoms with Gasteiger partial charge in [0.15, 0.2) is 6.04 Å². The third-order valence-corrected chi connectivity index (χ3v) is 4.32. The van der Waals surface area contributed by atoms with Crippen LogP contribution in [0.25, 0.3) is 10.9 Å². The zero-order valence-electron chi connectivity index (χ0n) is 13.2. The van der Waals surface area contributed by atoms with Crippen LogP contribution in [0, 0.1) is 0 Å². The molecule has 1 saturated heterocycles. The number of hydrogen-bond donors (Lipinski definition) is 3. The van der Waals surface area contributed by atoms with Crippen molar-refractivity contribution < 1.29 is 19.2 Å². The average Bonchev–Trinajstić information content (AvgIpc) is 2.94. The first-order valence-electron chi connectivity index (χ1n) is 8.02. The summed E-state index contributed by atoms with van der Waals surface area (Å²) in [7, 11) is 0. The highest BCUT2D eigenvalue weighted by molar-refractivity contribution is 5.86. The van der Waals surface area contributed by atoms with Crippen molar-refractivity contribution in [2.75, 3.05) is 19.7 Å². The zero-order valence-corrected chi connectivity index (χ0v) is 13.2. The Morgan fingerprint density at radius 3 is 3.04 bits per heavy atom. The number of esters is 1. The zero-order chi connectivity index (χ0) is 16.2. The molecule has 2 atom stereocenters. The van der Waals surface area contributed by atoms with Crippen LogP contribution in [0.5, 0.6) is 0 Å². The normalized spacial score (nSPS) is 21.2. The number of hydrogen-bond acceptors (Lipinski definition) is 3. The first-order valence-corrected chi connectivity index (χ1v) is 8.02. The van der Waals surface area contributed by atoms with Gasteiger partial charge in [0.2, 0.25) is 0 Å². The lowest BCUT2D eigenvalue weighted by molar-refractivity contribution is -0.930. The maximum absolute atomic E-state index is 12.2. The lowest BCUT2D eigenvalue weighted by Gasteiger charge is -2.31. The quantitative estimate of drug-likeness (QED) is 0.680. The van der Waals surface area contributed by atoms with Gasteiger partial charge in [0, 0.05) is 22.7 Å². The van der Waals surface area contributed by atoms with Gasteiger partial charge in [0.1, 0.15) is 13.0 Å². The Bertz CT molecular complexity index is 710. The number of piperazine rings is 1. The number of nitrogens with one attached hydrogen (secondary N) is 3. The standard InChI is InChI=1S/C17H21N3O3/c1-2-23-16(21)9-15-17(22)18-7-8-20(15)11-12-10-19-14-6-4-3-5-13(12)14/h3-6,10,15,19H,2,7-9,11H2,1H3,(H,18,22)/p+1. The van der Waals surface area contributed by atoms with E-state index in [0.29, 0.717) is 19.7 Å². The highest BCUT2D eigenvalue weighted by Gasteiger charge is 2.36. The Labute approximate surface area is 134 Å². The van der Waals surface area contributed by atoms with Crippen molar-refractivity contribution in [1.82, 2.24) is 10.3 Å². The summed E-state index contributed by atoms with van der Waals surface area (Å²) in [5.41, 5.74) is 2.25. The topological polar surface area (TPSA) is 75.6 Å². The largest absolute Gasteiger partial charge is 0.466 e. The van der Waals surface area contributed by atoms with Gasteiger partial charge in [-0.3, -0.25) is 9.59 Å². The molecule has 6 heteroatoms. The van der Waals surface area contributed by atoms with Gasteiger partial charge >= 0.3 is 5.97 Å². The molecule has 3 N–H and O–H groups in total. The molecule has 2 heterocycles. The summed E-state index contributed by atoms with van der Waals surface area (Å²) in [6.45, 7) is 4.26. The molecule has 2 aromatic rings. The molecule has 0 radical (unpaired) electrons. The molecule has 1 fully saturated rings. The lowest BCUT2D eigenvalue weighted by Crippen LogP contribution is -3.18. The number of fused-ring (bicyclic) bond motifs is 1. The highest BCUT2D eigenvalue weighted by atomic mass is 16.5. The van der Waals surface area contributed by atoms with Gasteiger partial charge in [-0.1, -0.05) is 18.2 Å². The molecule has 0 aliphatic carbocycles. The molecule has 0 spiro atoms. The monoisotopic (exact) mass is 316 g/mol. The van der Waals surface area contributed by atoms with Gasteiger partial charge < -0.3 is 19.9 Å². The molecule has 1 aromatic heterocycles. The van der Waals surface area contributed by atoms with Gasteiger partial charge in [0.05, 0.1) is 19.7 Å². The van der Waals surface area contributed by atoms with E-state index in [1.807, 2.05) is 24.4 Å². The molecule has 3 rings (SSSR count). The number of aromatic amines is 1. The summed E-state index contributed by atoms with van der Waals surface area (Å²) in [4.78, 5) is 28.3. The highest BCUT2D eigenvalue weighted by Crippen LogP contribution is 2.16. The Balaban J connectivity index is 1.78. The van der Waals surface area contributed by atoms with Gasteiger partial charge in [-0.25, -0.2) is 0 Å². The molecule has 1 aliphatic rings. The Kier molecular flexibility index (Phi) is 4.62. The van der Waals surface area contributed by atoms with Crippen molar-refractivity contribution in [3.63, 3.8) is 0 Å². The molecular weight excluding hydrogens is 294 g/mol. The fourth-order valence-corrected chi connectivity index (χ4v) is 3.19. The van der Waals surface area contributed by atoms with Crippen molar-refractivity contribution in [2.45, 2.75) is 25.9 Å². The predicted octanol–water partition coefficient (Wildman–Crippen LogP) is 0.00440. The molecule has 0 bridgehead atoms. The minimum Gasteiger partial charge on any atom is -0.466 e. The Morgan fingerprint density at radius 1 is 1.39 bits per heavy atom. The van der Waals surface area contributed by atoms with Crippen LogP contribution in [0.3, 0.4) is 0 Å². The van der Waals surface area contributed by atoms with Crippen molar-refractivity contribution in [2.24, 2.45) is 0 Å². The van der Waals surface area contributed by atoms with Gasteiger partial charge in [-0.2, -0.15) is 0 Å². The molecular formula is C17H22N3O3+. The Morgan fingerprint density at radius 2 is 2.22 bits per heavy atom. The minimum absolute atomic E-state index is 0.0702. The van der Waals surface area contributed by atoms with Crippen LogP contribution in [0.1, 0.15) is 18.9 Å². The van der Waals surface area contributed by atoms with Crippen LogP contribution in [0.2, 0.25) is 0 Å². The van der Waals surface area contributed by atoms with Crippen LogP contribution < -0.4 is 10.2 Å². The van der Waals surface area contributed by atoms with E-state index in [-0.39, 0.29) is 18.3 Å². The van der Waals surface area contributed by atoms with E-state index in [1.165, 1.54) is 10.9 Å². The molecule has 2 unspecified atom stereocenters. The first-order chi connectivity index (χ1) is 11.2. The van der Waals surface area contributed by atoms with Crippen molar-refractivity contribution >= 4 is 22.8 Å². The van der Waals surface area contributed by atoms with Crippen molar-refractivity contribution in [1.29, 1.82) is 0 Å². The molecule has 23 heavy (non-hydrogen) atoms. The second-order valence-electron chi connectivity index (χ2n) is 5.80. The summed E-state index contributed by atoms with van der Waals surface area (Å²) in [5, 5.41) is 4.02. The summed E-state index contributed by atoms with van der Waals surface area (Å²) < 4.78 is 5.01.